The monoisotopic (exact) mass is 679 g/mol. The fourth-order valence-electron chi connectivity index (χ4n) is 7.34. The van der Waals surface area contributed by atoms with E-state index in [9.17, 15) is 0 Å². The Kier molecular flexibility index (Phi) is 8.47. The molecule has 2 heteroatoms. The Morgan fingerprint density at radius 2 is 0.811 bits per heavy atom. The summed E-state index contributed by atoms with van der Waals surface area (Å²) in [7, 11) is 0. The molecule has 0 amide bonds. The van der Waals surface area contributed by atoms with Gasteiger partial charge in [-0.1, -0.05) is 164 Å². The number of furan rings is 1. The molecular formula is C51H37NO. The molecule has 0 unspecified atom stereocenters. The maximum absolute atomic E-state index is 6.28. The molecule has 0 fully saturated rings. The van der Waals surface area contributed by atoms with Gasteiger partial charge >= 0.3 is 0 Å². The van der Waals surface area contributed by atoms with E-state index in [-0.39, 0.29) is 0 Å². The molecule has 8 aromatic carbocycles. The molecule has 0 saturated carbocycles. The molecular weight excluding hydrogens is 643 g/mol. The number of para-hydroxylation sites is 2. The van der Waals surface area contributed by atoms with E-state index in [1.165, 1.54) is 44.5 Å². The van der Waals surface area contributed by atoms with Gasteiger partial charge in [-0.05, 0) is 88.3 Å². The summed E-state index contributed by atoms with van der Waals surface area (Å²) in [4.78, 5) is 2.36. The second-order valence-electron chi connectivity index (χ2n) is 13.4. The fraction of sp³-hybridized carbons (Fsp3) is 0.0196. The summed E-state index contributed by atoms with van der Waals surface area (Å²) in [6.07, 6.45) is 0. The van der Waals surface area contributed by atoms with Gasteiger partial charge in [-0.2, -0.15) is 0 Å². The Hall–Kier alpha value is -6.90. The van der Waals surface area contributed by atoms with Crippen LogP contribution in [0.4, 0.5) is 17.1 Å². The smallest absolute Gasteiger partial charge is 0.138 e. The molecule has 53 heavy (non-hydrogen) atoms. The number of rotatable bonds is 8. The standard InChI is InChI=1S/C51H37NO/c1-36-47-19-9-11-22-50(47)53-51(36)44-18-12-17-43(35-44)41-25-23-38(24-26-41)40-29-33-46(34-30-40)52(45-31-27-39(28-32-45)37-13-4-2-5-14-37)49-21-10-8-20-48(49)42-15-6-3-7-16-42/h2-35H,1H3. The first-order chi connectivity index (χ1) is 26.2. The molecule has 9 aromatic rings. The zero-order chi connectivity index (χ0) is 35.6. The zero-order valence-corrected chi connectivity index (χ0v) is 29.5. The van der Waals surface area contributed by atoms with E-state index in [0.717, 1.165) is 44.9 Å². The van der Waals surface area contributed by atoms with Crippen LogP contribution in [0.1, 0.15) is 5.56 Å². The number of hydrogen-bond acceptors (Lipinski definition) is 2. The number of fused-ring (bicyclic) bond motifs is 1. The van der Waals surface area contributed by atoms with Gasteiger partial charge in [0.25, 0.3) is 0 Å². The van der Waals surface area contributed by atoms with Crippen LogP contribution in [0.2, 0.25) is 0 Å². The van der Waals surface area contributed by atoms with Gasteiger partial charge < -0.3 is 9.32 Å². The molecule has 1 heterocycles. The number of hydrogen-bond donors (Lipinski definition) is 0. The molecule has 0 N–H and O–H groups in total. The third-order valence-corrected chi connectivity index (χ3v) is 10.1. The van der Waals surface area contributed by atoms with Crippen LogP contribution in [0.3, 0.4) is 0 Å². The third kappa shape index (κ3) is 6.32. The molecule has 0 bridgehead atoms. The van der Waals surface area contributed by atoms with Gasteiger partial charge in [0, 0.05) is 33.5 Å². The third-order valence-electron chi connectivity index (χ3n) is 10.1. The van der Waals surface area contributed by atoms with Crippen LogP contribution >= 0.6 is 0 Å². The van der Waals surface area contributed by atoms with Gasteiger partial charge in [0.15, 0.2) is 0 Å². The highest BCUT2D eigenvalue weighted by Gasteiger charge is 2.18. The van der Waals surface area contributed by atoms with Crippen molar-refractivity contribution in [2.24, 2.45) is 0 Å². The molecule has 1 aromatic heterocycles. The molecule has 0 aliphatic carbocycles. The van der Waals surface area contributed by atoms with E-state index in [4.69, 9.17) is 4.42 Å². The van der Waals surface area contributed by atoms with Gasteiger partial charge in [0.05, 0.1) is 5.69 Å². The Bertz CT molecular complexity index is 2640. The molecule has 0 saturated heterocycles. The van der Waals surface area contributed by atoms with Crippen molar-refractivity contribution in [1.82, 2.24) is 0 Å². The van der Waals surface area contributed by atoms with Gasteiger partial charge in [-0.25, -0.2) is 0 Å². The Labute approximate surface area is 310 Å². The van der Waals surface area contributed by atoms with Crippen molar-refractivity contribution >= 4 is 28.0 Å². The number of anilines is 3. The van der Waals surface area contributed by atoms with E-state index in [1.807, 2.05) is 12.1 Å². The Morgan fingerprint density at radius 1 is 0.358 bits per heavy atom. The lowest BCUT2D eigenvalue weighted by atomic mass is 9.97. The quantitative estimate of drug-likeness (QED) is 0.159. The molecule has 2 nitrogen and oxygen atoms in total. The highest BCUT2D eigenvalue weighted by Crippen LogP contribution is 2.42. The molecule has 0 spiro atoms. The van der Waals surface area contributed by atoms with Gasteiger partial charge in [-0.15, -0.1) is 0 Å². The van der Waals surface area contributed by atoms with E-state index >= 15 is 0 Å². The summed E-state index contributed by atoms with van der Waals surface area (Å²) in [5.41, 5.74) is 15.9. The van der Waals surface area contributed by atoms with Crippen molar-refractivity contribution in [1.29, 1.82) is 0 Å². The highest BCUT2D eigenvalue weighted by atomic mass is 16.3. The van der Waals surface area contributed by atoms with Crippen molar-refractivity contribution in [3.63, 3.8) is 0 Å². The SMILES string of the molecule is Cc1c(-c2cccc(-c3ccc(-c4ccc(N(c5ccc(-c6ccccc6)cc5)c5ccccc5-c5ccccc5)cc4)cc3)c2)oc2ccccc12. The lowest BCUT2D eigenvalue weighted by Crippen LogP contribution is -2.11. The number of nitrogens with zero attached hydrogens (tertiary/aromatic N) is 1. The highest BCUT2D eigenvalue weighted by molar-refractivity contribution is 5.90. The lowest BCUT2D eigenvalue weighted by Gasteiger charge is -2.28. The molecule has 0 atom stereocenters. The van der Waals surface area contributed by atoms with Crippen molar-refractivity contribution in [2.75, 3.05) is 4.90 Å². The summed E-state index contributed by atoms with van der Waals surface area (Å²) in [6, 6.07) is 73.3. The maximum Gasteiger partial charge on any atom is 0.138 e. The summed E-state index contributed by atoms with van der Waals surface area (Å²) in [6.45, 7) is 2.14. The van der Waals surface area contributed by atoms with Crippen molar-refractivity contribution in [3.05, 3.63) is 212 Å². The average Bonchev–Trinajstić information content (AvgIpc) is 3.58. The first kappa shape index (κ1) is 32.0. The summed E-state index contributed by atoms with van der Waals surface area (Å²) >= 11 is 0. The van der Waals surface area contributed by atoms with E-state index in [2.05, 4.69) is 206 Å². The van der Waals surface area contributed by atoms with Crippen LogP contribution in [-0.4, -0.2) is 0 Å². The van der Waals surface area contributed by atoms with Crippen LogP contribution in [0, 0.1) is 6.92 Å². The first-order valence-corrected chi connectivity index (χ1v) is 18.1. The second-order valence-corrected chi connectivity index (χ2v) is 13.4. The molecule has 0 radical (unpaired) electrons. The predicted octanol–water partition coefficient (Wildman–Crippen LogP) is 14.5. The van der Waals surface area contributed by atoms with E-state index in [1.54, 1.807) is 0 Å². The second kappa shape index (κ2) is 14.0. The maximum atomic E-state index is 6.28. The number of aryl methyl sites for hydroxylation is 1. The normalized spacial score (nSPS) is 11.1. The average molecular weight is 680 g/mol. The first-order valence-electron chi connectivity index (χ1n) is 18.1. The Balaban J connectivity index is 1.04. The molecule has 9 rings (SSSR count). The zero-order valence-electron chi connectivity index (χ0n) is 29.5. The minimum absolute atomic E-state index is 0.922. The van der Waals surface area contributed by atoms with E-state index in [0.29, 0.717) is 0 Å². The fourth-order valence-corrected chi connectivity index (χ4v) is 7.34. The topological polar surface area (TPSA) is 16.4 Å². The van der Waals surface area contributed by atoms with Crippen molar-refractivity contribution in [3.8, 4) is 55.8 Å². The van der Waals surface area contributed by atoms with E-state index < -0.39 is 0 Å². The Morgan fingerprint density at radius 3 is 1.43 bits per heavy atom. The van der Waals surface area contributed by atoms with Crippen LogP contribution in [0.15, 0.2) is 211 Å². The van der Waals surface area contributed by atoms with Crippen LogP contribution in [0.5, 0.6) is 0 Å². The lowest BCUT2D eigenvalue weighted by molar-refractivity contribution is 0.629. The molecule has 252 valence electrons. The molecule has 0 aliphatic rings. The van der Waals surface area contributed by atoms with Gasteiger partial charge in [0.2, 0.25) is 0 Å². The summed E-state index contributed by atoms with van der Waals surface area (Å²) in [5.74, 6) is 0.928. The van der Waals surface area contributed by atoms with Crippen LogP contribution in [-0.2, 0) is 0 Å². The van der Waals surface area contributed by atoms with Crippen molar-refractivity contribution in [2.45, 2.75) is 6.92 Å². The van der Waals surface area contributed by atoms with Crippen LogP contribution < -0.4 is 4.90 Å². The summed E-state index contributed by atoms with van der Waals surface area (Å²) in [5, 5.41) is 1.16. The van der Waals surface area contributed by atoms with Crippen LogP contribution in [0.25, 0.3) is 66.8 Å². The van der Waals surface area contributed by atoms with Gasteiger partial charge in [-0.3, -0.25) is 0 Å². The predicted molar refractivity (Wildman–Crippen MR) is 223 cm³/mol. The minimum atomic E-state index is 0.922. The largest absolute Gasteiger partial charge is 0.456 e. The van der Waals surface area contributed by atoms with Crippen molar-refractivity contribution < 1.29 is 4.42 Å². The number of benzene rings is 8. The van der Waals surface area contributed by atoms with Gasteiger partial charge in [0.1, 0.15) is 11.3 Å². The molecule has 0 aliphatic heterocycles. The minimum Gasteiger partial charge on any atom is -0.456 e. The summed E-state index contributed by atoms with van der Waals surface area (Å²) < 4.78 is 6.28.